The summed E-state index contributed by atoms with van der Waals surface area (Å²) < 4.78 is 0. The SMILES string of the molecule is Cl.Cl.O=C(CNCC1CC1)Nc1cccc(C(=O)NCc2ccccn2)c1. The Hall–Kier alpha value is -2.15. The van der Waals surface area contributed by atoms with Crippen molar-refractivity contribution >= 4 is 42.3 Å². The van der Waals surface area contributed by atoms with Gasteiger partial charge >= 0.3 is 0 Å². The molecule has 1 aromatic heterocycles. The summed E-state index contributed by atoms with van der Waals surface area (Å²) in [6.45, 7) is 1.54. The van der Waals surface area contributed by atoms with Gasteiger partial charge in [-0.05, 0) is 55.6 Å². The standard InChI is InChI=1S/C19H22N4O2.2ClH/c24-18(13-20-11-14-7-8-14)23-16-6-3-4-15(10-16)19(25)22-12-17-5-1-2-9-21-17;;/h1-6,9-10,14,20H,7-8,11-13H2,(H,22,25)(H,23,24);2*1H. The highest BCUT2D eigenvalue weighted by Gasteiger charge is 2.20. The van der Waals surface area contributed by atoms with Gasteiger partial charge in [-0.15, -0.1) is 24.8 Å². The van der Waals surface area contributed by atoms with Crippen LogP contribution in [0.3, 0.4) is 0 Å². The minimum atomic E-state index is -0.200. The van der Waals surface area contributed by atoms with Crippen molar-refractivity contribution in [2.24, 2.45) is 5.92 Å². The minimum absolute atomic E-state index is 0. The van der Waals surface area contributed by atoms with Crippen LogP contribution in [-0.4, -0.2) is 29.9 Å². The third-order valence-electron chi connectivity index (χ3n) is 3.98. The second-order valence-electron chi connectivity index (χ2n) is 6.21. The Morgan fingerprint density at radius 2 is 1.89 bits per heavy atom. The van der Waals surface area contributed by atoms with E-state index in [1.54, 1.807) is 30.5 Å². The van der Waals surface area contributed by atoms with Crippen LogP contribution in [0.5, 0.6) is 0 Å². The molecule has 0 bridgehead atoms. The first kappa shape index (κ1) is 22.9. The van der Waals surface area contributed by atoms with E-state index in [1.807, 2.05) is 18.2 Å². The molecular weight excluding hydrogens is 387 g/mol. The lowest BCUT2D eigenvalue weighted by Gasteiger charge is -2.09. The van der Waals surface area contributed by atoms with Crippen LogP contribution in [0.15, 0.2) is 48.7 Å². The van der Waals surface area contributed by atoms with Crippen LogP contribution in [-0.2, 0) is 11.3 Å². The third-order valence-corrected chi connectivity index (χ3v) is 3.98. The van der Waals surface area contributed by atoms with E-state index in [0.29, 0.717) is 17.8 Å². The Balaban J connectivity index is 0.00000182. The number of nitrogens with one attached hydrogen (secondary N) is 3. The number of halogens is 2. The molecule has 1 fully saturated rings. The van der Waals surface area contributed by atoms with Crippen molar-refractivity contribution in [1.29, 1.82) is 0 Å². The summed E-state index contributed by atoms with van der Waals surface area (Å²) in [7, 11) is 0. The van der Waals surface area contributed by atoms with E-state index in [1.165, 1.54) is 12.8 Å². The van der Waals surface area contributed by atoms with Crippen LogP contribution in [0.1, 0.15) is 28.9 Å². The predicted molar refractivity (Wildman–Crippen MR) is 111 cm³/mol. The fourth-order valence-corrected chi connectivity index (χ4v) is 2.43. The molecule has 0 saturated heterocycles. The maximum absolute atomic E-state index is 12.2. The largest absolute Gasteiger partial charge is 0.346 e. The summed E-state index contributed by atoms with van der Waals surface area (Å²) in [5.74, 6) is 0.430. The van der Waals surface area contributed by atoms with Crippen LogP contribution >= 0.6 is 24.8 Å². The molecule has 1 aliphatic carbocycles. The van der Waals surface area contributed by atoms with Crippen molar-refractivity contribution in [3.63, 3.8) is 0 Å². The number of hydrogen-bond acceptors (Lipinski definition) is 4. The molecule has 146 valence electrons. The zero-order valence-electron chi connectivity index (χ0n) is 14.8. The van der Waals surface area contributed by atoms with E-state index in [9.17, 15) is 9.59 Å². The van der Waals surface area contributed by atoms with Crippen LogP contribution in [0.4, 0.5) is 5.69 Å². The average Bonchev–Trinajstić information content (AvgIpc) is 3.45. The highest BCUT2D eigenvalue weighted by Crippen LogP contribution is 2.27. The van der Waals surface area contributed by atoms with Crippen LogP contribution in [0.25, 0.3) is 0 Å². The smallest absolute Gasteiger partial charge is 0.251 e. The zero-order valence-corrected chi connectivity index (χ0v) is 16.4. The van der Waals surface area contributed by atoms with E-state index in [0.717, 1.165) is 18.2 Å². The number of aromatic nitrogens is 1. The Labute approximate surface area is 171 Å². The van der Waals surface area contributed by atoms with Gasteiger partial charge < -0.3 is 16.0 Å². The van der Waals surface area contributed by atoms with Gasteiger partial charge in [-0.1, -0.05) is 12.1 Å². The maximum Gasteiger partial charge on any atom is 0.251 e. The monoisotopic (exact) mass is 410 g/mol. The lowest BCUT2D eigenvalue weighted by Crippen LogP contribution is -2.29. The number of amides is 2. The molecule has 1 aliphatic rings. The van der Waals surface area contributed by atoms with Gasteiger partial charge in [-0.2, -0.15) is 0 Å². The number of nitrogens with zero attached hydrogens (tertiary/aromatic N) is 1. The van der Waals surface area contributed by atoms with Crippen molar-refractivity contribution in [1.82, 2.24) is 15.6 Å². The van der Waals surface area contributed by atoms with Gasteiger partial charge in [0.15, 0.2) is 0 Å². The zero-order chi connectivity index (χ0) is 17.5. The van der Waals surface area contributed by atoms with Crippen LogP contribution in [0.2, 0.25) is 0 Å². The first-order chi connectivity index (χ1) is 12.2. The van der Waals surface area contributed by atoms with Gasteiger partial charge in [-0.3, -0.25) is 14.6 Å². The summed E-state index contributed by atoms with van der Waals surface area (Å²) in [5, 5.41) is 8.78. The second-order valence-corrected chi connectivity index (χ2v) is 6.21. The molecule has 0 atom stereocenters. The van der Waals surface area contributed by atoms with E-state index in [4.69, 9.17) is 0 Å². The van der Waals surface area contributed by atoms with Crippen molar-refractivity contribution in [3.05, 3.63) is 59.9 Å². The molecule has 0 spiro atoms. The molecule has 27 heavy (non-hydrogen) atoms. The maximum atomic E-state index is 12.2. The van der Waals surface area contributed by atoms with Crippen molar-refractivity contribution < 1.29 is 9.59 Å². The quantitative estimate of drug-likeness (QED) is 0.624. The minimum Gasteiger partial charge on any atom is -0.346 e. The van der Waals surface area contributed by atoms with Crippen molar-refractivity contribution in [3.8, 4) is 0 Å². The first-order valence-electron chi connectivity index (χ1n) is 8.49. The molecule has 1 saturated carbocycles. The summed E-state index contributed by atoms with van der Waals surface area (Å²) in [6, 6.07) is 12.5. The predicted octanol–water partition coefficient (Wildman–Crippen LogP) is 2.79. The number of pyridine rings is 1. The molecule has 3 rings (SSSR count). The molecule has 2 aromatic rings. The summed E-state index contributed by atoms with van der Waals surface area (Å²) >= 11 is 0. The van der Waals surface area contributed by atoms with Crippen molar-refractivity contribution in [2.75, 3.05) is 18.4 Å². The number of hydrogen-bond donors (Lipinski definition) is 3. The first-order valence-corrected chi connectivity index (χ1v) is 8.49. The van der Waals surface area contributed by atoms with Crippen LogP contribution in [0, 0.1) is 5.92 Å². The molecule has 6 nitrogen and oxygen atoms in total. The Morgan fingerprint density at radius 1 is 1.07 bits per heavy atom. The Kier molecular flexibility index (Phi) is 9.78. The molecule has 0 radical (unpaired) electrons. The van der Waals surface area contributed by atoms with E-state index >= 15 is 0 Å². The highest BCUT2D eigenvalue weighted by atomic mass is 35.5. The highest BCUT2D eigenvalue weighted by molar-refractivity contribution is 5.97. The lowest BCUT2D eigenvalue weighted by atomic mass is 10.2. The second kappa shape index (κ2) is 11.5. The lowest BCUT2D eigenvalue weighted by molar-refractivity contribution is -0.115. The average molecular weight is 411 g/mol. The van der Waals surface area contributed by atoms with E-state index in [-0.39, 0.29) is 43.2 Å². The fourth-order valence-electron chi connectivity index (χ4n) is 2.43. The van der Waals surface area contributed by atoms with E-state index in [2.05, 4.69) is 20.9 Å². The molecule has 8 heteroatoms. The van der Waals surface area contributed by atoms with Crippen LogP contribution < -0.4 is 16.0 Å². The molecule has 2 amide bonds. The number of benzene rings is 1. The van der Waals surface area contributed by atoms with Gasteiger partial charge in [0.2, 0.25) is 5.91 Å². The van der Waals surface area contributed by atoms with Crippen molar-refractivity contribution in [2.45, 2.75) is 19.4 Å². The van der Waals surface area contributed by atoms with Gasteiger partial charge in [0.25, 0.3) is 5.91 Å². The van der Waals surface area contributed by atoms with E-state index < -0.39 is 0 Å². The fraction of sp³-hybridized carbons (Fsp3) is 0.316. The molecular formula is C19H24Cl2N4O2. The number of rotatable bonds is 8. The number of anilines is 1. The Bertz CT molecular complexity index is 739. The van der Waals surface area contributed by atoms with Gasteiger partial charge in [0.1, 0.15) is 0 Å². The summed E-state index contributed by atoms with van der Waals surface area (Å²) in [5.41, 5.74) is 1.91. The van der Waals surface area contributed by atoms with Gasteiger partial charge in [0.05, 0.1) is 18.8 Å². The molecule has 1 aromatic carbocycles. The summed E-state index contributed by atoms with van der Waals surface area (Å²) in [6.07, 6.45) is 4.20. The van der Waals surface area contributed by atoms with Gasteiger partial charge in [-0.25, -0.2) is 0 Å². The molecule has 1 heterocycles. The topological polar surface area (TPSA) is 83.1 Å². The summed E-state index contributed by atoms with van der Waals surface area (Å²) in [4.78, 5) is 28.3. The third kappa shape index (κ3) is 7.95. The molecule has 0 unspecified atom stereocenters. The van der Waals surface area contributed by atoms with Gasteiger partial charge in [0, 0.05) is 17.4 Å². The molecule has 3 N–H and O–H groups in total. The Morgan fingerprint density at radius 3 is 2.59 bits per heavy atom. The number of carbonyl (C=O) groups is 2. The number of carbonyl (C=O) groups excluding carboxylic acids is 2. The molecule has 0 aliphatic heterocycles. The normalized spacial score (nSPS) is 12.3.